The highest BCUT2D eigenvalue weighted by molar-refractivity contribution is 6.25. The molecule has 58 valence electrons. The van der Waals surface area contributed by atoms with E-state index in [1.807, 2.05) is 0 Å². The molecule has 5 heteroatoms. The Bertz CT molecular complexity index is 55.3. The summed E-state index contributed by atoms with van der Waals surface area (Å²) in [5.74, 6) is 0.917. The third kappa shape index (κ3) is 4.51. The van der Waals surface area contributed by atoms with Crippen LogP contribution in [0.15, 0.2) is 0 Å². The van der Waals surface area contributed by atoms with Crippen LogP contribution in [0.5, 0.6) is 0 Å². The first kappa shape index (κ1) is 12.8. The second-order valence-electron chi connectivity index (χ2n) is 1.76. The van der Waals surface area contributed by atoms with Gasteiger partial charge in [0.1, 0.15) is 0 Å². The van der Waals surface area contributed by atoms with E-state index in [1.54, 1.807) is 0 Å². The molecule has 0 amide bonds. The second kappa shape index (κ2) is 5.87. The SMILES string of the molecule is Cl.NC(CCl)(CCl)CCl. The molecule has 9 heavy (non-hydrogen) atoms. The van der Waals surface area contributed by atoms with Crippen molar-refractivity contribution in [2.24, 2.45) is 5.73 Å². The van der Waals surface area contributed by atoms with Gasteiger partial charge in [-0.3, -0.25) is 0 Å². The number of halogens is 4. The average Bonchev–Trinajstić information content (AvgIpc) is 1.87. The van der Waals surface area contributed by atoms with Gasteiger partial charge in [0, 0.05) is 17.6 Å². The summed E-state index contributed by atoms with van der Waals surface area (Å²) >= 11 is 16.2. The van der Waals surface area contributed by atoms with Crippen molar-refractivity contribution in [2.75, 3.05) is 17.6 Å². The lowest BCUT2D eigenvalue weighted by Gasteiger charge is -2.19. The summed E-state index contributed by atoms with van der Waals surface area (Å²) in [4.78, 5) is 0. The Labute approximate surface area is 76.2 Å². The number of alkyl halides is 3. The summed E-state index contributed by atoms with van der Waals surface area (Å²) in [6.07, 6.45) is 0. The van der Waals surface area contributed by atoms with E-state index in [9.17, 15) is 0 Å². The predicted molar refractivity (Wildman–Crippen MR) is 46.3 cm³/mol. The molecule has 0 aromatic rings. The van der Waals surface area contributed by atoms with E-state index in [0.717, 1.165) is 0 Å². The molecule has 0 radical (unpaired) electrons. The van der Waals surface area contributed by atoms with Crippen molar-refractivity contribution in [1.29, 1.82) is 0 Å². The second-order valence-corrected chi connectivity index (χ2v) is 2.57. The van der Waals surface area contributed by atoms with Crippen molar-refractivity contribution >= 4 is 47.2 Å². The standard InChI is InChI=1S/C4H8Cl3N.ClH/c5-1-4(8,2-6)3-7;/h1-3,8H2;1H. The highest BCUT2D eigenvalue weighted by atomic mass is 35.5. The highest BCUT2D eigenvalue weighted by Gasteiger charge is 2.20. The predicted octanol–water partition coefficient (Wildman–Crippen LogP) is 1.82. The number of hydrogen-bond acceptors (Lipinski definition) is 1. The molecule has 0 aliphatic rings. The molecule has 0 heterocycles. The largest absolute Gasteiger partial charge is 0.322 e. The van der Waals surface area contributed by atoms with Gasteiger partial charge in [0.25, 0.3) is 0 Å². The topological polar surface area (TPSA) is 26.0 Å². The van der Waals surface area contributed by atoms with Gasteiger partial charge < -0.3 is 5.73 Å². The molecule has 0 aromatic heterocycles. The molecule has 0 saturated heterocycles. The first-order valence-corrected chi connectivity index (χ1v) is 3.75. The van der Waals surface area contributed by atoms with Crippen LogP contribution in [-0.4, -0.2) is 23.2 Å². The minimum atomic E-state index is -0.579. The van der Waals surface area contributed by atoms with E-state index < -0.39 is 5.54 Å². The smallest absolute Gasteiger partial charge is 0.0565 e. The Hall–Kier alpha value is 1.12. The summed E-state index contributed by atoms with van der Waals surface area (Å²) in [5.41, 5.74) is 4.92. The molecular formula is C4H9Cl4N. The minimum absolute atomic E-state index is 0. The van der Waals surface area contributed by atoms with Crippen molar-refractivity contribution in [3.8, 4) is 0 Å². The average molecular weight is 213 g/mol. The van der Waals surface area contributed by atoms with E-state index in [-0.39, 0.29) is 12.4 Å². The van der Waals surface area contributed by atoms with Crippen molar-refractivity contribution in [3.05, 3.63) is 0 Å². The van der Waals surface area contributed by atoms with Crippen LogP contribution >= 0.6 is 47.2 Å². The summed E-state index contributed by atoms with van der Waals surface area (Å²) in [6, 6.07) is 0. The molecule has 0 fully saturated rings. The van der Waals surface area contributed by atoms with Crippen LogP contribution in [0.25, 0.3) is 0 Å². The van der Waals surface area contributed by atoms with Gasteiger partial charge in [-0.2, -0.15) is 0 Å². The molecule has 0 aliphatic carbocycles. The fraction of sp³-hybridized carbons (Fsp3) is 1.00. The zero-order valence-electron chi connectivity index (χ0n) is 4.74. The molecule has 0 saturated carbocycles. The van der Waals surface area contributed by atoms with Crippen molar-refractivity contribution in [3.63, 3.8) is 0 Å². The highest BCUT2D eigenvalue weighted by Crippen LogP contribution is 2.07. The van der Waals surface area contributed by atoms with E-state index >= 15 is 0 Å². The third-order valence-electron chi connectivity index (χ3n) is 0.798. The van der Waals surface area contributed by atoms with Gasteiger partial charge in [-0.1, -0.05) is 0 Å². The van der Waals surface area contributed by atoms with Crippen LogP contribution in [0.4, 0.5) is 0 Å². The van der Waals surface area contributed by atoms with E-state index in [0.29, 0.717) is 17.6 Å². The molecule has 1 nitrogen and oxygen atoms in total. The maximum atomic E-state index is 5.50. The molecule has 2 N–H and O–H groups in total. The van der Waals surface area contributed by atoms with Crippen LogP contribution < -0.4 is 5.73 Å². The van der Waals surface area contributed by atoms with E-state index in [2.05, 4.69) is 0 Å². The number of nitrogens with two attached hydrogens (primary N) is 1. The molecule has 0 aromatic carbocycles. The van der Waals surface area contributed by atoms with E-state index in [1.165, 1.54) is 0 Å². The van der Waals surface area contributed by atoms with Crippen molar-refractivity contribution in [1.82, 2.24) is 0 Å². The molecular weight excluding hydrogens is 204 g/mol. The summed E-state index contributed by atoms with van der Waals surface area (Å²) in [6.45, 7) is 0. The molecule has 0 aliphatic heterocycles. The molecule has 0 spiro atoms. The zero-order valence-corrected chi connectivity index (χ0v) is 7.83. The molecule has 0 atom stereocenters. The quantitative estimate of drug-likeness (QED) is 0.710. The Morgan fingerprint density at radius 2 is 1.22 bits per heavy atom. The van der Waals surface area contributed by atoms with Gasteiger partial charge in [0.05, 0.1) is 5.54 Å². The Balaban J connectivity index is 0. The Morgan fingerprint density at radius 1 is 1.00 bits per heavy atom. The van der Waals surface area contributed by atoms with Gasteiger partial charge >= 0.3 is 0 Å². The number of rotatable bonds is 3. The number of hydrogen-bond donors (Lipinski definition) is 1. The third-order valence-corrected chi connectivity index (χ3v) is 2.40. The maximum Gasteiger partial charge on any atom is 0.0565 e. The summed E-state index contributed by atoms with van der Waals surface area (Å²) in [7, 11) is 0. The fourth-order valence-corrected chi connectivity index (χ4v) is 0.964. The Kier molecular flexibility index (Phi) is 8.33. The lowest BCUT2D eigenvalue weighted by atomic mass is 10.1. The van der Waals surface area contributed by atoms with Gasteiger partial charge in [0.2, 0.25) is 0 Å². The molecule has 0 bridgehead atoms. The van der Waals surface area contributed by atoms with Gasteiger partial charge in [0.15, 0.2) is 0 Å². The van der Waals surface area contributed by atoms with Gasteiger partial charge in [-0.25, -0.2) is 0 Å². The fourth-order valence-electron chi connectivity index (χ4n) is 0.107. The van der Waals surface area contributed by atoms with Gasteiger partial charge in [-0.05, 0) is 0 Å². The van der Waals surface area contributed by atoms with Crippen molar-refractivity contribution in [2.45, 2.75) is 5.54 Å². The molecule has 0 unspecified atom stereocenters. The summed E-state index contributed by atoms with van der Waals surface area (Å²) in [5, 5.41) is 0. The zero-order chi connectivity index (χ0) is 6.62. The van der Waals surface area contributed by atoms with Crippen LogP contribution in [-0.2, 0) is 0 Å². The van der Waals surface area contributed by atoms with Crippen LogP contribution in [0.1, 0.15) is 0 Å². The molecule has 0 rings (SSSR count). The minimum Gasteiger partial charge on any atom is -0.322 e. The van der Waals surface area contributed by atoms with Crippen LogP contribution in [0.3, 0.4) is 0 Å². The monoisotopic (exact) mass is 211 g/mol. The first-order chi connectivity index (χ1) is 3.68. The lowest BCUT2D eigenvalue weighted by Crippen LogP contribution is -2.45. The van der Waals surface area contributed by atoms with E-state index in [4.69, 9.17) is 40.5 Å². The normalized spacial score (nSPS) is 10.7. The van der Waals surface area contributed by atoms with Crippen molar-refractivity contribution < 1.29 is 0 Å². The lowest BCUT2D eigenvalue weighted by molar-refractivity contribution is 0.602. The maximum absolute atomic E-state index is 5.50. The van der Waals surface area contributed by atoms with Crippen LogP contribution in [0, 0.1) is 0 Å². The Morgan fingerprint density at radius 3 is 1.22 bits per heavy atom. The van der Waals surface area contributed by atoms with Crippen LogP contribution in [0.2, 0.25) is 0 Å². The summed E-state index contributed by atoms with van der Waals surface area (Å²) < 4.78 is 0. The first-order valence-electron chi connectivity index (χ1n) is 2.15. The van der Waals surface area contributed by atoms with Gasteiger partial charge in [-0.15, -0.1) is 47.2 Å².